The Morgan fingerprint density at radius 2 is 2.19 bits per heavy atom. The Hall–Kier alpha value is -1.16. The number of hydrogen-bond acceptors (Lipinski definition) is 4. The largest absolute Gasteiger partial charge is 0.348 e. The van der Waals surface area contributed by atoms with E-state index in [9.17, 15) is 0 Å². The van der Waals surface area contributed by atoms with Crippen LogP contribution in [0.3, 0.4) is 0 Å². The van der Waals surface area contributed by atoms with E-state index in [0.717, 1.165) is 10.6 Å². The molecule has 0 unspecified atom stereocenters. The van der Waals surface area contributed by atoms with Crippen LogP contribution in [-0.4, -0.2) is 23.1 Å². The molecule has 0 amide bonds. The van der Waals surface area contributed by atoms with E-state index in [4.69, 9.17) is 0 Å². The predicted molar refractivity (Wildman–Crippen MR) is 68.1 cm³/mol. The second-order valence-corrected chi connectivity index (χ2v) is 5.40. The molecule has 3 nitrogen and oxygen atoms in total. The first-order valence-electron chi connectivity index (χ1n) is 5.78. The molecule has 1 aliphatic rings. The van der Waals surface area contributed by atoms with Gasteiger partial charge in [-0.25, -0.2) is 4.98 Å². The first kappa shape index (κ1) is 10.0. The fourth-order valence-corrected chi connectivity index (χ4v) is 3.33. The molecule has 16 heavy (non-hydrogen) atoms. The number of anilines is 1. The minimum absolute atomic E-state index is 0.688. The monoisotopic (exact) mass is 233 g/mol. The molecule has 0 atom stereocenters. The summed E-state index contributed by atoms with van der Waals surface area (Å²) in [6.45, 7) is 0. The van der Waals surface area contributed by atoms with Gasteiger partial charge in [0.05, 0.1) is 10.9 Å². The Balaban J connectivity index is 1.92. The maximum atomic E-state index is 4.64. The Bertz CT molecular complexity index is 455. The smallest absolute Gasteiger partial charge is 0.186 e. The molecule has 1 saturated carbocycles. The number of pyridine rings is 1. The summed E-state index contributed by atoms with van der Waals surface area (Å²) in [5.41, 5.74) is 1.02. The van der Waals surface area contributed by atoms with Crippen LogP contribution >= 0.6 is 11.3 Å². The van der Waals surface area contributed by atoms with Gasteiger partial charge in [-0.15, -0.1) is 0 Å². The van der Waals surface area contributed by atoms with Crippen LogP contribution in [0.4, 0.5) is 5.13 Å². The van der Waals surface area contributed by atoms with Crippen molar-refractivity contribution in [2.75, 3.05) is 11.9 Å². The van der Waals surface area contributed by atoms with Crippen molar-refractivity contribution in [3.8, 4) is 0 Å². The molecule has 2 heterocycles. The summed E-state index contributed by atoms with van der Waals surface area (Å²) < 4.78 is 1.23. The van der Waals surface area contributed by atoms with Gasteiger partial charge in [0.15, 0.2) is 5.13 Å². The van der Waals surface area contributed by atoms with E-state index < -0.39 is 0 Å². The van der Waals surface area contributed by atoms with E-state index in [1.165, 1.54) is 30.4 Å². The Morgan fingerprint density at radius 3 is 2.94 bits per heavy atom. The highest BCUT2D eigenvalue weighted by atomic mass is 32.1. The summed E-state index contributed by atoms with van der Waals surface area (Å²) in [6, 6.07) is 2.73. The molecule has 1 fully saturated rings. The predicted octanol–water partition coefficient (Wildman–Crippen LogP) is 3.07. The molecule has 84 valence electrons. The van der Waals surface area contributed by atoms with Crippen molar-refractivity contribution in [3.63, 3.8) is 0 Å². The topological polar surface area (TPSA) is 29.0 Å². The molecule has 0 N–H and O–H groups in total. The van der Waals surface area contributed by atoms with E-state index in [0.29, 0.717) is 6.04 Å². The second kappa shape index (κ2) is 4.01. The van der Waals surface area contributed by atoms with Gasteiger partial charge in [0.25, 0.3) is 0 Å². The molecule has 4 heteroatoms. The fraction of sp³-hybridized carbons (Fsp3) is 0.500. The zero-order valence-corrected chi connectivity index (χ0v) is 10.2. The SMILES string of the molecule is CN(c1nc2cnccc2s1)C1CCCC1. The lowest BCUT2D eigenvalue weighted by Gasteiger charge is -2.23. The first-order valence-corrected chi connectivity index (χ1v) is 6.59. The van der Waals surface area contributed by atoms with Crippen molar-refractivity contribution in [3.05, 3.63) is 18.5 Å². The Labute approximate surface area is 99.1 Å². The van der Waals surface area contributed by atoms with Crippen LogP contribution in [0.25, 0.3) is 10.2 Å². The molecule has 2 aromatic heterocycles. The number of nitrogens with zero attached hydrogens (tertiary/aromatic N) is 3. The van der Waals surface area contributed by atoms with Crippen molar-refractivity contribution >= 4 is 26.7 Å². The second-order valence-electron chi connectivity index (χ2n) is 4.39. The molecule has 0 saturated heterocycles. The number of hydrogen-bond donors (Lipinski definition) is 0. The van der Waals surface area contributed by atoms with Crippen LogP contribution in [0.2, 0.25) is 0 Å². The van der Waals surface area contributed by atoms with E-state index in [-0.39, 0.29) is 0 Å². The summed E-state index contributed by atoms with van der Waals surface area (Å²) >= 11 is 1.77. The van der Waals surface area contributed by atoms with E-state index >= 15 is 0 Å². The summed E-state index contributed by atoms with van der Waals surface area (Å²) in [5.74, 6) is 0. The van der Waals surface area contributed by atoms with E-state index in [1.54, 1.807) is 11.3 Å². The van der Waals surface area contributed by atoms with Crippen LogP contribution in [0, 0.1) is 0 Å². The normalized spacial score (nSPS) is 17.1. The summed E-state index contributed by atoms with van der Waals surface area (Å²) in [5, 5.41) is 1.13. The highest BCUT2D eigenvalue weighted by Crippen LogP contribution is 2.32. The van der Waals surface area contributed by atoms with Crippen molar-refractivity contribution in [2.45, 2.75) is 31.7 Å². The van der Waals surface area contributed by atoms with Gasteiger partial charge >= 0.3 is 0 Å². The summed E-state index contributed by atoms with van der Waals surface area (Å²) in [6.07, 6.45) is 9.02. The minimum Gasteiger partial charge on any atom is -0.348 e. The Morgan fingerprint density at radius 1 is 1.38 bits per heavy atom. The lowest BCUT2D eigenvalue weighted by Crippen LogP contribution is -2.28. The lowest BCUT2D eigenvalue weighted by molar-refractivity contribution is 0.652. The third kappa shape index (κ3) is 1.67. The molecule has 2 aromatic rings. The van der Waals surface area contributed by atoms with Crippen molar-refractivity contribution in [2.24, 2.45) is 0 Å². The van der Waals surface area contributed by atoms with Crippen molar-refractivity contribution < 1.29 is 0 Å². The average Bonchev–Trinajstić information content (AvgIpc) is 2.97. The maximum absolute atomic E-state index is 4.64. The number of thiazole rings is 1. The molecule has 0 spiro atoms. The van der Waals surface area contributed by atoms with Gasteiger partial charge in [-0.3, -0.25) is 4.98 Å². The van der Waals surface area contributed by atoms with Crippen LogP contribution in [0.5, 0.6) is 0 Å². The molecule has 1 aliphatic carbocycles. The molecule has 0 bridgehead atoms. The van der Waals surface area contributed by atoms with Crippen molar-refractivity contribution in [1.29, 1.82) is 0 Å². The lowest BCUT2D eigenvalue weighted by atomic mass is 10.2. The Kier molecular flexibility index (Phi) is 2.52. The third-order valence-corrected chi connectivity index (χ3v) is 4.48. The summed E-state index contributed by atoms with van der Waals surface area (Å²) in [7, 11) is 2.17. The summed E-state index contributed by atoms with van der Waals surface area (Å²) in [4.78, 5) is 11.1. The molecular formula is C12H15N3S. The first-order chi connectivity index (χ1) is 7.84. The quantitative estimate of drug-likeness (QED) is 0.798. The van der Waals surface area contributed by atoms with Gasteiger partial charge in [-0.05, 0) is 18.9 Å². The maximum Gasteiger partial charge on any atom is 0.186 e. The molecular weight excluding hydrogens is 218 g/mol. The minimum atomic E-state index is 0.688. The zero-order chi connectivity index (χ0) is 11.0. The number of aromatic nitrogens is 2. The van der Waals surface area contributed by atoms with Crippen LogP contribution < -0.4 is 4.90 Å². The average molecular weight is 233 g/mol. The molecule has 0 aromatic carbocycles. The highest BCUT2D eigenvalue weighted by Gasteiger charge is 2.21. The van der Waals surface area contributed by atoms with Gasteiger partial charge in [-0.1, -0.05) is 24.2 Å². The van der Waals surface area contributed by atoms with Gasteiger partial charge in [0.2, 0.25) is 0 Å². The van der Waals surface area contributed by atoms with Crippen LogP contribution in [0.1, 0.15) is 25.7 Å². The molecule has 3 rings (SSSR count). The van der Waals surface area contributed by atoms with Crippen LogP contribution in [0.15, 0.2) is 18.5 Å². The fourth-order valence-electron chi connectivity index (χ4n) is 2.37. The van der Waals surface area contributed by atoms with Gasteiger partial charge in [-0.2, -0.15) is 0 Å². The highest BCUT2D eigenvalue weighted by molar-refractivity contribution is 7.22. The molecule has 0 aliphatic heterocycles. The van der Waals surface area contributed by atoms with Gasteiger partial charge in [0, 0.05) is 19.3 Å². The van der Waals surface area contributed by atoms with Gasteiger partial charge in [0.1, 0.15) is 5.52 Å². The number of rotatable bonds is 2. The van der Waals surface area contributed by atoms with Gasteiger partial charge < -0.3 is 4.90 Å². The molecule has 0 radical (unpaired) electrons. The van der Waals surface area contributed by atoms with E-state index in [2.05, 4.69) is 21.9 Å². The van der Waals surface area contributed by atoms with Crippen molar-refractivity contribution in [1.82, 2.24) is 9.97 Å². The standard InChI is InChI=1S/C12H15N3S/c1-15(9-4-2-3-5-9)12-14-10-8-13-7-6-11(10)16-12/h6-9H,2-5H2,1H3. The van der Waals surface area contributed by atoms with Crippen LogP contribution in [-0.2, 0) is 0 Å². The third-order valence-electron chi connectivity index (χ3n) is 3.35. The van der Waals surface area contributed by atoms with E-state index in [1.807, 2.05) is 18.5 Å². The number of fused-ring (bicyclic) bond motifs is 1. The zero-order valence-electron chi connectivity index (χ0n) is 9.39.